The van der Waals surface area contributed by atoms with Crippen molar-refractivity contribution in [3.63, 3.8) is 0 Å². The van der Waals surface area contributed by atoms with Crippen LogP contribution in [-0.2, 0) is 4.74 Å². The molecular formula is C12H15N3O5. The average Bonchev–Trinajstić information content (AvgIpc) is 2.74. The minimum atomic E-state index is -0.821. The second-order valence-electron chi connectivity index (χ2n) is 4.26. The fourth-order valence-corrected chi connectivity index (χ4v) is 1.88. The molecule has 0 aromatic carbocycles. The number of methoxy groups -OCH3 is 1. The van der Waals surface area contributed by atoms with Crippen LogP contribution >= 0.6 is 0 Å². The number of ether oxygens (including phenoxy) is 1. The lowest BCUT2D eigenvalue weighted by Gasteiger charge is -2.10. The van der Waals surface area contributed by atoms with E-state index in [1.54, 1.807) is 6.92 Å². The number of hydrogen-bond donors (Lipinski definition) is 3. The summed E-state index contributed by atoms with van der Waals surface area (Å²) in [6.07, 6.45) is 0.385. The average molecular weight is 281 g/mol. The van der Waals surface area contributed by atoms with E-state index in [4.69, 9.17) is 9.15 Å². The highest BCUT2D eigenvalue weighted by atomic mass is 16.5. The number of amides is 1. The van der Waals surface area contributed by atoms with Crippen LogP contribution in [0.2, 0.25) is 0 Å². The standard InChI is InChI=1S/C12H15N3O5/c1-6-8(10(17)13-3-7(16)4-19-2)9-11(18)14-5-15-12(9)20-6/h5,7,16H,3-4H2,1-2H3,(H,13,17)(H,14,15,18). The molecule has 0 bridgehead atoms. The molecule has 0 aliphatic heterocycles. The zero-order chi connectivity index (χ0) is 14.7. The molecule has 0 spiro atoms. The van der Waals surface area contributed by atoms with Crippen molar-refractivity contribution in [1.29, 1.82) is 0 Å². The SMILES string of the molecule is COCC(O)CNC(=O)c1c(C)oc2nc[nH]c(=O)c12. The number of nitrogens with zero attached hydrogens (tertiary/aromatic N) is 1. The Kier molecular flexibility index (Phi) is 4.16. The normalized spacial score (nSPS) is 12.6. The fourth-order valence-electron chi connectivity index (χ4n) is 1.88. The van der Waals surface area contributed by atoms with E-state index in [1.807, 2.05) is 0 Å². The van der Waals surface area contributed by atoms with E-state index < -0.39 is 17.6 Å². The topological polar surface area (TPSA) is 117 Å². The molecule has 0 saturated heterocycles. The first-order valence-corrected chi connectivity index (χ1v) is 5.96. The third-order valence-corrected chi connectivity index (χ3v) is 2.75. The molecule has 2 heterocycles. The molecule has 8 heteroatoms. The maximum atomic E-state index is 12.1. The molecular weight excluding hydrogens is 266 g/mol. The second-order valence-corrected chi connectivity index (χ2v) is 4.26. The summed E-state index contributed by atoms with van der Waals surface area (Å²) in [5, 5.41) is 12.1. The maximum Gasteiger partial charge on any atom is 0.262 e. The van der Waals surface area contributed by atoms with E-state index in [0.29, 0.717) is 5.76 Å². The van der Waals surface area contributed by atoms with E-state index in [0.717, 1.165) is 0 Å². The van der Waals surface area contributed by atoms with Gasteiger partial charge in [-0.1, -0.05) is 0 Å². The lowest BCUT2D eigenvalue weighted by atomic mass is 10.2. The first-order chi connectivity index (χ1) is 9.54. The lowest BCUT2D eigenvalue weighted by molar-refractivity contribution is 0.0609. The van der Waals surface area contributed by atoms with Gasteiger partial charge in [-0.25, -0.2) is 4.98 Å². The van der Waals surface area contributed by atoms with Crippen molar-refractivity contribution in [1.82, 2.24) is 15.3 Å². The van der Waals surface area contributed by atoms with Crippen LogP contribution in [0.15, 0.2) is 15.5 Å². The quantitative estimate of drug-likeness (QED) is 0.684. The molecule has 0 fully saturated rings. The van der Waals surface area contributed by atoms with Gasteiger partial charge in [0.2, 0.25) is 5.71 Å². The number of H-pyrrole nitrogens is 1. The van der Waals surface area contributed by atoms with Crippen LogP contribution in [0.4, 0.5) is 0 Å². The molecule has 2 rings (SSSR count). The Morgan fingerprint density at radius 1 is 1.65 bits per heavy atom. The highest BCUT2D eigenvalue weighted by Crippen LogP contribution is 2.20. The molecule has 0 saturated carbocycles. The van der Waals surface area contributed by atoms with Gasteiger partial charge in [-0.05, 0) is 6.92 Å². The van der Waals surface area contributed by atoms with Crippen molar-refractivity contribution >= 4 is 17.0 Å². The number of aromatic amines is 1. The Bertz CT molecular complexity index is 675. The van der Waals surface area contributed by atoms with Crippen molar-refractivity contribution in [2.75, 3.05) is 20.3 Å². The summed E-state index contributed by atoms with van der Waals surface area (Å²) in [6.45, 7) is 1.69. The Morgan fingerprint density at radius 3 is 3.10 bits per heavy atom. The number of fused-ring (bicyclic) bond motifs is 1. The Hall–Kier alpha value is -2.19. The number of aryl methyl sites for hydroxylation is 1. The minimum Gasteiger partial charge on any atom is -0.442 e. The molecule has 108 valence electrons. The van der Waals surface area contributed by atoms with E-state index in [-0.39, 0.29) is 29.8 Å². The fraction of sp³-hybridized carbons (Fsp3) is 0.417. The third kappa shape index (κ3) is 2.70. The van der Waals surface area contributed by atoms with Crippen LogP contribution < -0.4 is 10.9 Å². The Balaban J connectivity index is 2.26. The van der Waals surface area contributed by atoms with Gasteiger partial charge in [0.15, 0.2) is 0 Å². The predicted molar refractivity (Wildman–Crippen MR) is 69.6 cm³/mol. The molecule has 1 atom stereocenters. The monoisotopic (exact) mass is 281 g/mol. The highest BCUT2D eigenvalue weighted by Gasteiger charge is 2.21. The third-order valence-electron chi connectivity index (χ3n) is 2.75. The number of carbonyl (C=O) groups excluding carboxylic acids is 1. The van der Waals surface area contributed by atoms with Crippen molar-refractivity contribution in [2.24, 2.45) is 0 Å². The van der Waals surface area contributed by atoms with Crippen molar-refractivity contribution in [3.8, 4) is 0 Å². The zero-order valence-corrected chi connectivity index (χ0v) is 11.1. The summed E-state index contributed by atoms with van der Waals surface area (Å²) in [4.78, 5) is 30.1. The predicted octanol–water partition coefficient (Wildman–Crippen LogP) is -0.438. The van der Waals surface area contributed by atoms with Crippen LogP contribution in [-0.4, -0.2) is 47.3 Å². The van der Waals surface area contributed by atoms with E-state index in [2.05, 4.69) is 15.3 Å². The van der Waals surface area contributed by atoms with Gasteiger partial charge in [-0.2, -0.15) is 0 Å². The first-order valence-electron chi connectivity index (χ1n) is 5.96. The first kappa shape index (κ1) is 14.2. The van der Waals surface area contributed by atoms with E-state index in [9.17, 15) is 14.7 Å². The molecule has 1 amide bonds. The summed E-state index contributed by atoms with van der Waals surface area (Å²) in [7, 11) is 1.45. The summed E-state index contributed by atoms with van der Waals surface area (Å²) >= 11 is 0. The number of furan rings is 1. The Labute approximate surface area is 113 Å². The molecule has 0 radical (unpaired) electrons. The number of hydrogen-bond acceptors (Lipinski definition) is 6. The molecule has 1 unspecified atom stereocenters. The number of aliphatic hydroxyl groups excluding tert-OH is 1. The molecule has 20 heavy (non-hydrogen) atoms. The van der Waals surface area contributed by atoms with Gasteiger partial charge in [0, 0.05) is 13.7 Å². The number of carbonyl (C=O) groups is 1. The smallest absolute Gasteiger partial charge is 0.262 e. The van der Waals surface area contributed by atoms with Crippen LogP contribution in [0.3, 0.4) is 0 Å². The summed E-state index contributed by atoms with van der Waals surface area (Å²) < 4.78 is 10.0. The minimum absolute atomic E-state index is 0.0109. The Morgan fingerprint density at radius 2 is 2.40 bits per heavy atom. The van der Waals surface area contributed by atoms with Crippen LogP contribution in [0, 0.1) is 6.92 Å². The summed E-state index contributed by atoms with van der Waals surface area (Å²) in [5.41, 5.74) is -0.220. The van der Waals surface area contributed by atoms with Gasteiger partial charge in [0.05, 0.1) is 24.6 Å². The number of nitrogens with one attached hydrogen (secondary N) is 2. The van der Waals surface area contributed by atoms with Gasteiger partial charge in [-0.3, -0.25) is 9.59 Å². The van der Waals surface area contributed by atoms with Crippen molar-refractivity contribution in [2.45, 2.75) is 13.0 Å². The van der Waals surface area contributed by atoms with E-state index in [1.165, 1.54) is 13.4 Å². The summed E-state index contributed by atoms with van der Waals surface area (Å²) in [5.74, 6) is -0.210. The molecule has 8 nitrogen and oxygen atoms in total. The van der Waals surface area contributed by atoms with Crippen LogP contribution in [0.1, 0.15) is 16.1 Å². The number of rotatable bonds is 5. The summed E-state index contributed by atoms with van der Waals surface area (Å²) in [6, 6.07) is 0. The molecule has 2 aromatic rings. The number of aliphatic hydroxyl groups is 1. The molecule has 0 aliphatic carbocycles. The van der Waals surface area contributed by atoms with Gasteiger partial charge < -0.3 is 24.6 Å². The van der Waals surface area contributed by atoms with Crippen LogP contribution in [0.5, 0.6) is 0 Å². The van der Waals surface area contributed by atoms with Crippen LogP contribution in [0.25, 0.3) is 11.1 Å². The van der Waals surface area contributed by atoms with Gasteiger partial charge in [0.25, 0.3) is 11.5 Å². The maximum absolute atomic E-state index is 12.1. The largest absolute Gasteiger partial charge is 0.442 e. The lowest BCUT2D eigenvalue weighted by Crippen LogP contribution is -2.34. The van der Waals surface area contributed by atoms with Gasteiger partial charge >= 0.3 is 0 Å². The van der Waals surface area contributed by atoms with Crippen molar-refractivity contribution < 1.29 is 19.1 Å². The van der Waals surface area contributed by atoms with E-state index >= 15 is 0 Å². The highest BCUT2D eigenvalue weighted by molar-refractivity contribution is 6.06. The zero-order valence-electron chi connectivity index (χ0n) is 11.1. The van der Waals surface area contributed by atoms with Gasteiger partial charge in [-0.15, -0.1) is 0 Å². The second kappa shape index (κ2) is 5.85. The molecule has 0 aliphatic rings. The van der Waals surface area contributed by atoms with Gasteiger partial charge in [0.1, 0.15) is 11.1 Å². The molecule has 3 N–H and O–H groups in total. The number of aromatic nitrogens is 2. The van der Waals surface area contributed by atoms with Crippen molar-refractivity contribution in [3.05, 3.63) is 28.0 Å². The molecule has 2 aromatic heterocycles.